The molecule has 0 radical (unpaired) electrons. The molecule has 1 aromatic heterocycles. The van der Waals surface area contributed by atoms with Crippen molar-refractivity contribution >= 4 is 57.4 Å². The summed E-state index contributed by atoms with van der Waals surface area (Å²) in [6.07, 6.45) is 0. The molecule has 240 valence electrons. The van der Waals surface area contributed by atoms with Crippen LogP contribution in [0.2, 0.25) is 13.1 Å². The van der Waals surface area contributed by atoms with E-state index >= 15 is 0 Å². The van der Waals surface area contributed by atoms with E-state index < -0.39 is 8.07 Å². The van der Waals surface area contributed by atoms with Crippen LogP contribution in [0.5, 0.6) is 0 Å². The first-order valence-electron chi connectivity index (χ1n) is 17.6. The summed E-state index contributed by atoms with van der Waals surface area (Å²) >= 11 is 0. The van der Waals surface area contributed by atoms with Crippen LogP contribution >= 0.6 is 0 Å². The molecule has 0 unspecified atom stereocenters. The smallest absolute Gasteiger partial charge is 0.143 e. The number of fused-ring (bicyclic) bond motifs is 10. The van der Waals surface area contributed by atoms with Gasteiger partial charge in [0, 0.05) is 38.8 Å². The highest BCUT2D eigenvalue weighted by Crippen LogP contribution is 2.51. The number of hydrogen-bond donors (Lipinski definition) is 0. The Labute approximate surface area is 294 Å². The normalized spacial score (nSPS) is 14.7. The first-order valence-corrected chi connectivity index (χ1v) is 20.6. The molecule has 0 atom stereocenters. The van der Waals surface area contributed by atoms with Gasteiger partial charge in [0.1, 0.15) is 19.2 Å². The van der Waals surface area contributed by atoms with Crippen molar-refractivity contribution in [2.24, 2.45) is 0 Å². The van der Waals surface area contributed by atoms with Crippen LogP contribution in [0.25, 0.3) is 55.3 Å². The van der Waals surface area contributed by atoms with Crippen molar-refractivity contribution in [3.05, 3.63) is 163 Å². The van der Waals surface area contributed by atoms with E-state index in [0.29, 0.717) is 0 Å². The van der Waals surface area contributed by atoms with Crippen molar-refractivity contribution in [3.63, 3.8) is 0 Å². The molecular weight excluding hydrogens is 623 g/mol. The third kappa shape index (κ3) is 4.07. The number of rotatable bonds is 4. The van der Waals surface area contributed by atoms with Gasteiger partial charge in [-0.1, -0.05) is 136 Å². The molecule has 0 saturated carbocycles. The lowest BCUT2D eigenvalue weighted by Gasteiger charge is -2.29. The van der Waals surface area contributed by atoms with Gasteiger partial charge in [0.2, 0.25) is 0 Å². The Morgan fingerprint density at radius 1 is 0.500 bits per heavy atom. The van der Waals surface area contributed by atoms with Crippen LogP contribution in [-0.4, -0.2) is 8.07 Å². The fourth-order valence-electron chi connectivity index (χ4n) is 8.84. The van der Waals surface area contributed by atoms with Crippen LogP contribution in [0.15, 0.2) is 156 Å². The molecule has 0 bridgehead atoms. The summed E-state index contributed by atoms with van der Waals surface area (Å²) in [4.78, 5) is 2.46. The van der Waals surface area contributed by atoms with Crippen molar-refractivity contribution in [2.75, 3.05) is 4.90 Å². The monoisotopic (exact) mass is 659 g/mol. The van der Waals surface area contributed by atoms with E-state index in [4.69, 9.17) is 4.42 Å². The van der Waals surface area contributed by atoms with E-state index in [2.05, 4.69) is 184 Å². The molecule has 0 saturated heterocycles. The van der Waals surface area contributed by atoms with E-state index in [1.807, 2.05) is 0 Å². The van der Waals surface area contributed by atoms with Crippen molar-refractivity contribution < 1.29 is 4.42 Å². The van der Waals surface area contributed by atoms with Gasteiger partial charge in [0.25, 0.3) is 0 Å². The Kier molecular flexibility index (Phi) is 6.11. The lowest BCUT2D eigenvalue weighted by Crippen LogP contribution is -2.49. The summed E-state index contributed by atoms with van der Waals surface area (Å²) in [5, 5.41) is 5.29. The van der Waals surface area contributed by atoms with Crippen LogP contribution in [0.4, 0.5) is 17.1 Å². The number of furan rings is 1. The number of benzene rings is 7. The second kappa shape index (κ2) is 10.4. The maximum absolute atomic E-state index is 6.61. The third-order valence-electron chi connectivity index (χ3n) is 11.5. The summed E-state index contributed by atoms with van der Waals surface area (Å²) in [6, 6.07) is 55.9. The van der Waals surface area contributed by atoms with Crippen molar-refractivity contribution in [2.45, 2.75) is 32.4 Å². The Hall–Kier alpha value is -5.64. The average molecular weight is 660 g/mol. The first-order chi connectivity index (χ1) is 24.3. The number of anilines is 3. The fourth-order valence-corrected chi connectivity index (χ4v) is 11.9. The van der Waals surface area contributed by atoms with Gasteiger partial charge >= 0.3 is 0 Å². The molecule has 2 nitrogen and oxygen atoms in total. The van der Waals surface area contributed by atoms with Crippen molar-refractivity contribution in [1.82, 2.24) is 0 Å². The minimum absolute atomic E-state index is 0.0861. The third-order valence-corrected chi connectivity index (χ3v) is 15.0. The topological polar surface area (TPSA) is 16.4 Å². The average Bonchev–Trinajstić information content (AvgIpc) is 3.72. The molecule has 50 heavy (non-hydrogen) atoms. The second-order valence-corrected chi connectivity index (χ2v) is 19.3. The highest BCUT2D eigenvalue weighted by atomic mass is 28.3. The Morgan fingerprint density at radius 3 is 1.96 bits per heavy atom. The maximum atomic E-state index is 6.61. The van der Waals surface area contributed by atoms with Crippen LogP contribution in [0, 0.1) is 0 Å². The molecule has 0 amide bonds. The predicted octanol–water partition coefficient (Wildman–Crippen LogP) is 11.8. The summed E-state index contributed by atoms with van der Waals surface area (Å²) in [5.41, 5.74) is 15.9. The molecule has 1 aliphatic heterocycles. The maximum Gasteiger partial charge on any atom is 0.143 e. The summed E-state index contributed by atoms with van der Waals surface area (Å²) in [7, 11) is -2.05. The van der Waals surface area contributed by atoms with Crippen molar-refractivity contribution in [1.29, 1.82) is 0 Å². The molecule has 0 fully saturated rings. The molecule has 8 aromatic rings. The number of hydrogen-bond acceptors (Lipinski definition) is 2. The van der Waals surface area contributed by atoms with Gasteiger partial charge in [0.15, 0.2) is 0 Å². The first kappa shape index (κ1) is 29.3. The summed E-state index contributed by atoms with van der Waals surface area (Å²) in [6.45, 7) is 9.70. The standard InChI is InChI=1S/C47H37NOSi/c1-47(2)40-16-10-8-14-35(40)36-24-22-33(28-41(36)47)48(32-20-18-31(19-21-32)30-12-6-5-7-13-30)34-23-25-39-44(29-34)50(3,4)43-27-26-38-37-15-9-11-17-42(37)49-46(38)45(39)43/h5-29H,1-4H3. The number of nitrogens with zero attached hydrogens (tertiary/aromatic N) is 1. The zero-order chi connectivity index (χ0) is 33.8. The zero-order valence-corrected chi connectivity index (χ0v) is 29.8. The van der Waals surface area contributed by atoms with Crippen LogP contribution in [0.3, 0.4) is 0 Å². The van der Waals surface area contributed by atoms with E-state index in [9.17, 15) is 0 Å². The molecule has 10 rings (SSSR count). The SMILES string of the molecule is CC1(C)c2ccccc2-c2ccc(N(c3ccc(-c4ccccc4)cc3)c3ccc4c(c3)[Si](C)(C)c3ccc5c(oc6ccccc65)c3-4)cc21. The van der Waals surface area contributed by atoms with Crippen molar-refractivity contribution in [3.8, 4) is 33.4 Å². The zero-order valence-electron chi connectivity index (χ0n) is 28.8. The summed E-state index contributed by atoms with van der Waals surface area (Å²) < 4.78 is 6.61. The molecule has 7 aromatic carbocycles. The predicted molar refractivity (Wildman–Crippen MR) is 214 cm³/mol. The van der Waals surface area contributed by atoms with E-state index in [1.54, 1.807) is 0 Å². The van der Waals surface area contributed by atoms with E-state index in [-0.39, 0.29) is 5.41 Å². The van der Waals surface area contributed by atoms with Crippen LogP contribution < -0.4 is 15.3 Å². The van der Waals surface area contributed by atoms with Gasteiger partial charge in [0.05, 0.1) is 0 Å². The van der Waals surface area contributed by atoms with Crippen LogP contribution in [0.1, 0.15) is 25.0 Å². The van der Waals surface area contributed by atoms with Gasteiger partial charge in [-0.2, -0.15) is 0 Å². The molecule has 0 spiro atoms. The lowest BCUT2D eigenvalue weighted by atomic mass is 9.82. The molecule has 3 heteroatoms. The molecule has 2 heterocycles. The van der Waals surface area contributed by atoms with Gasteiger partial charge < -0.3 is 9.32 Å². The Morgan fingerprint density at radius 2 is 1.14 bits per heavy atom. The van der Waals surface area contributed by atoms with Crippen LogP contribution in [-0.2, 0) is 5.41 Å². The van der Waals surface area contributed by atoms with Gasteiger partial charge in [-0.15, -0.1) is 0 Å². The molecular formula is C47H37NOSi. The molecule has 2 aliphatic rings. The Bertz CT molecular complexity index is 2650. The lowest BCUT2D eigenvalue weighted by molar-refractivity contribution is 0.660. The number of para-hydroxylation sites is 1. The highest BCUT2D eigenvalue weighted by Gasteiger charge is 2.40. The van der Waals surface area contributed by atoms with Gasteiger partial charge in [-0.25, -0.2) is 0 Å². The quantitative estimate of drug-likeness (QED) is 0.175. The minimum atomic E-state index is -2.05. The Balaban J connectivity index is 1.16. The molecule has 0 N–H and O–H groups in total. The summed E-state index contributed by atoms with van der Waals surface area (Å²) in [5.74, 6) is 0. The largest absolute Gasteiger partial charge is 0.455 e. The second-order valence-electron chi connectivity index (χ2n) is 15.0. The van der Waals surface area contributed by atoms with Gasteiger partial charge in [-0.3, -0.25) is 0 Å². The van der Waals surface area contributed by atoms with E-state index in [0.717, 1.165) is 16.9 Å². The van der Waals surface area contributed by atoms with E-state index in [1.165, 1.54) is 77.0 Å². The highest BCUT2D eigenvalue weighted by molar-refractivity contribution is 7.04. The molecule has 1 aliphatic carbocycles. The van der Waals surface area contributed by atoms with Gasteiger partial charge in [-0.05, 0) is 91.8 Å². The minimum Gasteiger partial charge on any atom is -0.455 e. The fraction of sp³-hybridized carbons (Fsp3) is 0.106.